The van der Waals surface area contributed by atoms with Crippen LogP contribution < -0.4 is 5.32 Å². The van der Waals surface area contributed by atoms with E-state index in [1.54, 1.807) is 23.3 Å². The van der Waals surface area contributed by atoms with Crippen molar-refractivity contribution in [2.45, 2.75) is 12.3 Å². The first-order chi connectivity index (χ1) is 14.8. The lowest BCUT2D eigenvalue weighted by atomic mass is 9.85. The van der Waals surface area contributed by atoms with E-state index in [2.05, 4.69) is 25.7 Å². The van der Waals surface area contributed by atoms with E-state index in [4.69, 9.17) is 11.6 Å². The van der Waals surface area contributed by atoms with Gasteiger partial charge in [0.2, 0.25) is 0 Å². The molecule has 1 aromatic carbocycles. The molecular weight excluding hydrogens is 448 g/mol. The molecule has 4 rings (SSSR count). The quantitative estimate of drug-likeness (QED) is 0.474. The van der Waals surface area contributed by atoms with Gasteiger partial charge in [0.05, 0.1) is 17.8 Å². The number of thiazole rings is 1. The Bertz CT molecular complexity index is 1210. The largest absolute Gasteiger partial charge is 0.349 e. The van der Waals surface area contributed by atoms with Crippen LogP contribution in [0, 0.1) is 11.6 Å². The minimum Gasteiger partial charge on any atom is -0.349 e. The summed E-state index contributed by atoms with van der Waals surface area (Å²) in [7, 11) is 1.80. The topological polar surface area (TPSA) is 90.5 Å². The summed E-state index contributed by atoms with van der Waals surface area (Å²) in [5, 5.41) is 17.4. The molecule has 31 heavy (non-hydrogen) atoms. The predicted molar refractivity (Wildman–Crippen MR) is 110 cm³/mol. The summed E-state index contributed by atoms with van der Waals surface area (Å²) >= 11 is 7.39. The summed E-state index contributed by atoms with van der Waals surface area (Å²) in [6.45, 7) is 2.10. The maximum Gasteiger partial charge on any atom is 0.273 e. The summed E-state index contributed by atoms with van der Waals surface area (Å²) in [5.41, 5.74) is 0.110. The summed E-state index contributed by atoms with van der Waals surface area (Å²) in [5.74, 6) is -2.04. The first-order valence-corrected chi connectivity index (χ1v) is 10.3. The highest BCUT2D eigenvalue weighted by molar-refractivity contribution is 7.10. The molecule has 0 aliphatic heterocycles. The second-order valence-electron chi connectivity index (χ2n) is 7.04. The van der Waals surface area contributed by atoms with Crippen LogP contribution in [0.4, 0.5) is 8.78 Å². The number of benzene rings is 1. The minimum atomic E-state index is -0.818. The fraction of sp³-hybridized carbons (Fsp3) is 0.211. The van der Waals surface area contributed by atoms with Crippen LogP contribution in [-0.2, 0) is 12.5 Å². The maximum absolute atomic E-state index is 14.0. The molecule has 0 aliphatic carbocycles. The molecule has 4 aromatic rings. The second-order valence-corrected chi connectivity index (χ2v) is 8.28. The smallest absolute Gasteiger partial charge is 0.273 e. The lowest BCUT2D eigenvalue weighted by Crippen LogP contribution is -2.39. The van der Waals surface area contributed by atoms with Crippen LogP contribution in [0.2, 0.25) is 5.15 Å². The van der Waals surface area contributed by atoms with Crippen molar-refractivity contribution >= 4 is 28.8 Å². The van der Waals surface area contributed by atoms with Crippen molar-refractivity contribution in [3.05, 3.63) is 75.2 Å². The van der Waals surface area contributed by atoms with Crippen LogP contribution >= 0.6 is 22.9 Å². The van der Waals surface area contributed by atoms with Gasteiger partial charge in [0.25, 0.3) is 5.91 Å². The first kappa shape index (κ1) is 21.1. The summed E-state index contributed by atoms with van der Waals surface area (Å²) in [4.78, 5) is 17.1. The number of amides is 1. The molecule has 0 radical (unpaired) electrons. The Balaban J connectivity index is 1.56. The van der Waals surface area contributed by atoms with Gasteiger partial charge in [-0.25, -0.2) is 18.4 Å². The van der Waals surface area contributed by atoms with Crippen LogP contribution in [0.5, 0.6) is 0 Å². The zero-order valence-corrected chi connectivity index (χ0v) is 18.0. The molecule has 3 aromatic heterocycles. The summed E-state index contributed by atoms with van der Waals surface area (Å²) in [6.07, 6.45) is 4.82. The van der Waals surface area contributed by atoms with Crippen LogP contribution in [0.1, 0.15) is 28.0 Å². The molecule has 3 heterocycles. The van der Waals surface area contributed by atoms with Crippen LogP contribution in [0.25, 0.3) is 5.69 Å². The predicted octanol–water partition coefficient (Wildman–Crippen LogP) is 3.12. The number of hydrogen-bond donors (Lipinski definition) is 1. The van der Waals surface area contributed by atoms with E-state index in [0.717, 1.165) is 22.4 Å². The molecule has 1 amide bonds. The van der Waals surface area contributed by atoms with Crippen molar-refractivity contribution in [3.63, 3.8) is 0 Å². The fourth-order valence-electron chi connectivity index (χ4n) is 3.02. The first-order valence-electron chi connectivity index (χ1n) is 9.03. The van der Waals surface area contributed by atoms with E-state index in [1.807, 2.05) is 13.1 Å². The standard InChI is InChI=1S/C19H16ClF2N7OS/c1-19(11-6-24-28(2)7-11,18-25-16(20)9-31-18)10-23-17(30)14-8-29(27-26-14)15-4-3-12(21)5-13(15)22/h3-9H,10H2,1-2H3,(H,23,30). The summed E-state index contributed by atoms with van der Waals surface area (Å²) < 4.78 is 29.8. The van der Waals surface area contributed by atoms with E-state index in [1.165, 1.54) is 23.6 Å². The Kier molecular flexibility index (Phi) is 5.54. The zero-order chi connectivity index (χ0) is 22.2. The van der Waals surface area contributed by atoms with E-state index in [9.17, 15) is 13.6 Å². The number of aryl methyl sites for hydroxylation is 1. The van der Waals surface area contributed by atoms with Gasteiger partial charge < -0.3 is 5.32 Å². The molecule has 0 fully saturated rings. The molecular formula is C19H16ClF2N7OS. The third kappa shape index (κ3) is 4.19. The SMILES string of the molecule is Cn1cc(C(C)(CNC(=O)c2cn(-c3ccc(F)cc3F)nn2)c2nc(Cl)cs2)cn1. The molecule has 1 N–H and O–H groups in total. The van der Waals surface area contributed by atoms with Gasteiger partial charge in [-0.15, -0.1) is 16.4 Å². The Labute approximate surface area is 184 Å². The number of nitrogens with zero attached hydrogens (tertiary/aromatic N) is 6. The third-order valence-electron chi connectivity index (χ3n) is 4.78. The number of carbonyl (C=O) groups excluding carboxylic acids is 1. The number of carbonyl (C=O) groups is 1. The van der Waals surface area contributed by atoms with Gasteiger partial charge in [-0.05, 0) is 19.1 Å². The van der Waals surface area contributed by atoms with Crippen molar-refractivity contribution in [3.8, 4) is 5.69 Å². The number of hydrogen-bond acceptors (Lipinski definition) is 6. The van der Waals surface area contributed by atoms with Gasteiger partial charge in [-0.3, -0.25) is 9.48 Å². The number of aromatic nitrogens is 6. The van der Waals surface area contributed by atoms with E-state index in [-0.39, 0.29) is 17.9 Å². The molecule has 0 spiro atoms. The summed E-state index contributed by atoms with van der Waals surface area (Å²) in [6, 6.07) is 3.04. The fourth-order valence-corrected chi connectivity index (χ4v) is 4.15. The average Bonchev–Trinajstić information content (AvgIpc) is 3.47. The van der Waals surface area contributed by atoms with Crippen molar-refractivity contribution < 1.29 is 13.6 Å². The van der Waals surface area contributed by atoms with Crippen LogP contribution in [0.3, 0.4) is 0 Å². The van der Waals surface area contributed by atoms with Crippen LogP contribution in [0.15, 0.2) is 42.2 Å². The molecule has 0 bridgehead atoms. The lowest BCUT2D eigenvalue weighted by molar-refractivity contribution is 0.0942. The average molecular weight is 464 g/mol. The Hall–Kier alpha value is -3.18. The molecule has 1 unspecified atom stereocenters. The Morgan fingerprint density at radius 1 is 1.32 bits per heavy atom. The lowest BCUT2D eigenvalue weighted by Gasteiger charge is -2.26. The van der Waals surface area contributed by atoms with Crippen molar-refractivity contribution in [2.75, 3.05) is 6.54 Å². The van der Waals surface area contributed by atoms with Crippen molar-refractivity contribution in [1.82, 2.24) is 35.1 Å². The van der Waals surface area contributed by atoms with E-state index >= 15 is 0 Å². The van der Waals surface area contributed by atoms with Gasteiger partial charge in [0, 0.05) is 36.8 Å². The highest BCUT2D eigenvalue weighted by Crippen LogP contribution is 2.34. The van der Waals surface area contributed by atoms with Crippen molar-refractivity contribution in [2.24, 2.45) is 7.05 Å². The molecule has 12 heteroatoms. The van der Waals surface area contributed by atoms with Crippen molar-refractivity contribution in [1.29, 1.82) is 0 Å². The molecule has 1 atom stereocenters. The monoisotopic (exact) mass is 463 g/mol. The third-order valence-corrected chi connectivity index (χ3v) is 6.20. The van der Waals surface area contributed by atoms with Crippen LogP contribution in [-0.4, -0.2) is 42.2 Å². The van der Waals surface area contributed by atoms with Gasteiger partial charge in [-0.2, -0.15) is 5.10 Å². The molecule has 0 aliphatic rings. The van der Waals surface area contributed by atoms with E-state index in [0.29, 0.717) is 10.2 Å². The minimum absolute atomic E-state index is 0.0190. The zero-order valence-electron chi connectivity index (χ0n) is 16.4. The highest BCUT2D eigenvalue weighted by Gasteiger charge is 2.34. The van der Waals surface area contributed by atoms with Gasteiger partial charge in [0.1, 0.15) is 21.7 Å². The molecule has 0 saturated heterocycles. The Morgan fingerprint density at radius 2 is 2.13 bits per heavy atom. The molecule has 0 saturated carbocycles. The normalized spacial score (nSPS) is 13.2. The highest BCUT2D eigenvalue weighted by atomic mass is 35.5. The molecule has 8 nitrogen and oxygen atoms in total. The van der Waals surface area contributed by atoms with Gasteiger partial charge in [-0.1, -0.05) is 16.8 Å². The van der Waals surface area contributed by atoms with Gasteiger partial charge in [0.15, 0.2) is 11.5 Å². The molecule has 160 valence electrons. The number of halogens is 3. The number of rotatable bonds is 6. The Morgan fingerprint density at radius 3 is 2.77 bits per heavy atom. The van der Waals surface area contributed by atoms with Gasteiger partial charge >= 0.3 is 0 Å². The number of nitrogens with one attached hydrogen (secondary N) is 1. The maximum atomic E-state index is 14.0. The van der Waals surface area contributed by atoms with E-state index < -0.39 is 23.0 Å². The second kappa shape index (κ2) is 8.16.